The van der Waals surface area contributed by atoms with E-state index in [0.29, 0.717) is 11.2 Å². The highest BCUT2D eigenvalue weighted by atomic mass is 35.5. The van der Waals surface area contributed by atoms with Gasteiger partial charge >= 0.3 is 0 Å². The SMILES string of the molecule is C[C@@H]1CCCCN1c1cncc(Cl)n1. The summed E-state index contributed by atoms with van der Waals surface area (Å²) in [6.07, 6.45) is 7.13. The summed E-state index contributed by atoms with van der Waals surface area (Å²) in [6, 6.07) is 0.552. The van der Waals surface area contributed by atoms with E-state index in [1.807, 2.05) is 0 Å². The smallest absolute Gasteiger partial charge is 0.149 e. The first-order valence-corrected chi connectivity index (χ1v) is 5.39. The molecular formula is C10H14ClN3. The minimum atomic E-state index is 0.472. The van der Waals surface area contributed by atoms with Crippen molar-refractivity contribution < 1.29 is 0 Å². The van der Waals surface area contributed by atoms with Crippen LogP contribution in [0.2, 0.25) is 5.15 Å². The Bertz CT molecular complexity index is 316. The van der Waals surface area contributed by atoms with Gasteiger partial charge < -0.3 is 4.90 Å². The fourth-order valence-electron chi connectivity index (χ4n) is 1.91. The molecule has 0 aliphatic carbocycles. The second-order valence-corrected chi connectivity index (χ2v) is 4.13. The predicted octanol–water partition coefficient (Wildman–Crippen LogP) is 2.51. The Kier molecular flexibility index (Phi) is 2.87. The quantitative estimate of drug-likeness (QED) is 0.715. The predicted molar refractivity (Wildman–Crippen MR) is 57.7 cm³/mol. The number of hydrogen-bond donors (Lipinski definition) is 0. The molecule has 0 N–H and O–H groups in total. The molecule has 0 unspecified atom stereocenters. The Morgan fingerprint density at radius 2 is 2.29 bits per heavy atom. The first-order valence-electron chi connectivity index (χ1n) is 5.01. The van der Waals surface area contributed by atoms with Crippen LogP contribution in [0, 0.1) is 0 Å². The molecule has 1 aliphatic rings. The van der Waals surface area contributed by atoms with Crippen LogP contribution in [0.1, 0.15) is 26.2 Å². The van der Waals surface area contributed by atoms with Crippen molar-refractivity contribution in [2.75, 3.05) is 11.4 Å². The summed E-state index contributed by atoms with van der Waals surface area (Å²) in [5.41, 5.74) is 0. The van der Waals surface area contributed by atoms with Gasteiger partial charge in [0.05, 0.1) is 12.4 Å². The Hall–Kier alpha value is -0.830. The molecule has 1 atom stereocenters. The minimum Gasteiger partial charge on any atom is -0.353 e. The molecular weight excluding hydrogens is 198 g/mol. The largest absolute Gasteiger partial charge is 0.353 e. The monoisotopic (exact) mass is 211 g/mol. The Balaban J connectivity index is 2.20. The van der Waals surface area contributed by atoms with Crippen molar-refractivity contribution in [2.24, 2.45) is 0 Å². The molecule has 1 saturated heterocycles. The van der Waals surface area contributed by atoms with Gasteiger partial charge in [0.25, 0.3) is 0 Å². The summed E-state index contributed by atoms with van der Waals surface area (Å²) in [4.78, 5) is 10.6. The summed E-state index contributed by atoms with van der Waals surface area (Å²) < 4.78 is 0. The number of hydrogen-bond acceptors (Lipinski definition) is 3. The van der Waals surface area contributed by atoms with Crippen LogP contribution >= 0.6 is 11.6 Å². The van der Waals surface area contributed by atoms with Gasteiger partial charge in [0.1, 0.15) is 11.0 Å². The molecule has 4 heteroatoms. The molecule has 0 spiro atoms. The summed E-state index contributed by atoms with van der Waals surface area (Å²) in [6.45, 7) is 3.29. The van der Waals surface area contributed by atoms with Gasteiger partial charge in [0, 0.05) is 12.6 Å². The normalized spacial score (nSPS) is 22.4. The van der Waals surface area contributed by atoms with Crippen molar-refractivity contribution in [3.05, 3.63) is 17.5 Å². The Morgan fingerprint density at radius 1 is 1.43 bits per heavy atom. The maximum Gasteiger partial charge on any atom is 0.149 e. The van der Waals surface area contributed by atoms with Gasteiger partial charge in [-0.2, -0.15) is 0 Å². The summed E-state index contributed by atoms with van der Waals surface area (Å²) in [7, 11) is 0. The van der Waals surface area contributed by atoms with E-state index >= 15 is 0 Å². The third-order valence-corrected chi connectivity index (χ3v) is 2.87. The van der Waals surface area contributed by atoms with Gasteiger partial charge in [-0.3, -0.25) is 4.98 Å². The lowest BCUT2D eigenvalue weighted by molar-refractivity contribution is 0.481. The van der Waals surface area contributed by atoms with Gasteiger partial charge in [-0.25, -0.2) is 4.98 Å². The van der Waals surface area contributed by atoms with Crippen LogP contribution in [0.15, 0.2) is 12.4 Å². The van der Waals surface area contributed by atoms with Crippen LogP contribution in [0.3, 0.4) is 0 Å². The zero-order valence-corrected chi connectivity index (χ0v) is 9.04. The number of piperidine rings is 1. The molecule has 76 valence electrons. The zero-order chi connectivity index (χ0) is 9.97. The number of anilines is 1. The van der Waals surface area contributed by atoms with Crippen LogP contribution in [-0.4, -0.2) is 22.6 Å². The topological polar surface area (TPSA) is 29.0 Å². The molecule has 2 heterocycles. The van der Waals surface area contributed by atoms with Crippen LogP contribution in [0.25, 0.3) is 0 Å². The maximum atomic E-state index is 5.81. The van der Waals surface area contributed by atoms with E-state index in [1.54, 1.807) is 12.4 Å². The van der Waals surface area contributed by atoms with Crippen LogP contribution in [0.5, 0.6) is 0 Å². The lowest BCUT2D eigenvalue weighted by atomic mass is 10.0. The standard InChI is InChI=1S/C10H14ClN3/c1-8-4-2-3-5-14(8)10-7-12-6-9(11)13-10/h6-8H,2-5H2,1H3/t8-/m1/s1. The third-order valence-electron chi connectivity index (χ3n) is 2.69. The maximum absolute atomic E-state index is 5.81. The number of rotatable bonds is 1. The highest BCUT2D eigenvalue weighted by Crippen LogP contribution is 2.22. The lowest BCUT2D eigenvalue weighted by Gasteiger charge is -2.34. The van der Waals surface area contributed by atoms with E-state index in [1.165, 1.54) is 19.3 Å². The Labute approximate surface area is 89.1 Å². The summed E-state index contributed by atoms with van der Waals surface area (Å²) >= 11 is 5.81. The van der Waals surface area contributed by atoms with Gasteiger partial charge in [-0.1, -0.05) is 11.6 Å². The second-order valence-electron chi connectivity index (χ2n) is 3.74. The van der Waals surface area contributed by atoms with Crippen molar-refractivity contribution in [1.82, 2.24) is 9.97 Å². The Morgan fingerprint density at radius 3 is 3.00 bits per heavy atom. The molecule has 2 rings (SSSR count). The van der Waals surface area contributed by atoms with Gasteiger partial charge in [0.15, 0.2) is 0 Å². The number of halogens is 1. The zero-order valence-electron chi connectivity index (χ0n) is 8.28. The van der Waals surface area contributed by atoms with Gasteiger partial charge in [-0.15, -0.1) is 0 Å². The molecule has 1 aliphatic heterocycles. The number of aromatic nitrogens is 2. The van der Waals surface area contributed by atoms with E-state index < -0.39 is 0 Å². The molecule has 0 amide bonds. The lowest BCUT2D eigenvalue weighted by Crippen LogP contribution is -2.38. The molecule has 3 nitrogen and oxygen atoms in total. The molecule has 1 aromatic heterocycles. The highest BCUT2D eigenvalue weighted by Gasteiger charge is 2.19. The van der Waals surface area contributed by atoms with Gasteiger partial charge in [-0.05, 0) is 26.2 Å². The van der Waals surface area contributed by atoms with E-state index in [2.05, 4.69) is 21.8 Å². The molecule has 0 aromatic carbocycles. The first-order chi connectivity index (χ1) is 6.77. The first kappa shape index (κ1) is 9.71. The second kappa shape index (κ2) is 4.13. The molecule has 0 bridgehead atoms. The summed E-state index contributed by atoms with van der Waals surface area (Å²) in [5.74, 6) is 0.907. The fraction of sp³-hybridized carbons (Fsp3) is 0.600. The van der Waals surface area contributed by atoms with Crippen molar-refractivity contribution in [3.63, 3.8) is 0 Å². The molecule has 0 saturated carbocycles. The van der Waals surface area contributed by atoms with Crippen molar-refractivity contribution in [1.29, 1.82) is 0 Å². The molecule has 14 heavy (non-hydrogen) atoms. The molecule has 1 fully saturated rings. The van der Waals surface area contributed by atoms with Crippen LogP contribution in [0.4, 0.5) is 5.82 Å². The summed E-state index contributed by atoms with van der Waals surface area (Å²) in [5, 5.41) is 0.472. The highest BCUT2D eigenvalue weighted by molar-refractivity contribution is 6.29. The van der Waals surface area contributed by atoms with Crippen molar-refractivity contribution >= 4 is 17.4 Å². The molecule has 0 radical (unpaired) electrons. The minimum absolute atomic E-state index is 0.472. The van der Waals surface area contributed by atoms with E-state index in [9.17, 15) is 0 Å². The van der Waals surface area contributed by atoms with Crippen molar-refractivity contribution in [3.8, 4) is 0 Å². The third kappa shape index (κ3) is 1.98. The van der Waals surface area contributed by atoms with E-state index in [-0.39, 0.29) is 0 Å². The van der Waals surface area contributed by atoms with Crippen LogP contribution in [-0.2, 0) is 0 Å². The molecule has 1 aromatic rings. The van der Waals surface area contributed by atoms with Gasteiger partial charge in [0.2, 0.25) is 0 Å². The number of nitrogens with zero attached hydrogens (tertiary/aromatic N) is 3. The fourth-order valence-corrected chi connectivity index (χ4v) is 2.05. The van der Waals surface area contributed by atoms with E-state index in [4.69, 9.17) is 11.6 Å². The van der Waals surface area contributed by atoms with Crippen LogP contribution < -0.4 is 4.90 Å². The van der Waals surface area contributed by atoms with E-state index in [0.717, 1.165) is 12.4 Å². The average molecular weight is 212 g/mol. The van der Waals surface area contributed by atoms with Crippen molar-refractivity contribution in [2.45, 2.75) is 32.2 Å². The average Bonchev–Trinajstić information content (AvgIpc) is 2.18.